The van der Waals surface area contributed by atoms with E-state index in [9.17, 15) is 4.79 Å². The minimum atomic E-state index is -0.113. The van der Waals surface area contributed by atoms with Crippen LogP contribution in [0.3, 0.4) is 0 Å². The van der Waals surface area contributed by atoms with E-state index in [1.54, 1.807) is 35.4 Å². The van der Waals surface area contributed by atoms with Crippen molar-refractivity contribution >= 4 is 29.1 Å². The normalized spacial score (nSPS) is 14.7. The van der Waals surface area contributed by atoms with Crippen LogP contribution in [0, 0.1) is 0 Å². The highest BCUT2D eigenvalue weighted by Crippen LogP contribution is 2.25. The second kappa shape index (κ2) is 5.92. The first-order chi connectivity index (χ1) is 10.1. The standard InChI is InChI=1S/C15H12Cl2N2O2/c16-10-4-5-12(13(17)7-10)15(20)19-8-11(9-19)21-14-3-1-2-6-18-14/h1-7,11H,8-9H2. The van der Waals surface area contributed by atoms with E-state index in [0.29, 0.717) is 34.6 Å². The van der Waals surface area contributed by atoms with Crippen molar-refractivity contribution in [1.82, 2.24) is 9.88 Å². The number of rotatable bonds is 3. The van der Waals surface area contributed by atoms with Crippen LogP contribution in [-0.4, -0.2) is 35.0 Å². The van der Waals surface area contributed by atoms with Crippen molar-refractivity contribution in [1.29, 1.82) is 0 Å². The fraction of sp³-hybridized carbons (Fsp3) is 0.200. The molecule has 1 aromatic heterocycles. The SMILES string of the molecule is O=C(c1ccc(Cl)cc1Cl)N1CC(Oc2ccccn2)C1. The molecule has 0 saturated carbocycles. The summed E-state index contributed by atoms with van der Waals surface area (Å²) in [6, 6.07) is 10.3. The molecule has 1 aliphatic rings. The van der Waals surface area contributed by atoms with Gasteiger partial charge in [0.05, 0.1) is 23.7 Å². The van der Waals surface area contributed by atoms with E-state index in [4.69, 9.17) is 27.9 Å². The number of hydrogen-bond acceptors (Lipinski definition) is 3. The van der Waals surface area contributed by atoms with E-state index in [-0.39, 0.29) is 12.0 Å². The molecule has 1 amide bonds. The second-order valence-corrected chi connectivity index (χ2v) is 5.59. The molecule has 108 valence electrons. The zero-order chi connectivity index (χ0) is 14.8. The molecule has 6 heteroatoms. The van der Waals surface area contributed by atoms with Crippen LogP contribution in [0.25, 0.3) is 0 Å². The Bertz CT molecular complexity index is 658. The van der Waals surface area contributed by atoms with Gasteiger partial charge < -0.3 is 9.64 Å². The molecule has 3 rings (SSSR count). The minimum absolute atomic E-state index is 0.0325. The Morgan fingerprint density at radius 1 is 1.24 bits per heavy atom. The highest BCUT2D eigenvalue weighted by Gasteiger charge is 2.33. The summed E-state index contributed by atoms with van der Waals surface area (Å²) in [5.74, 6) is 0.455. The van der Waals surface area contributed by atoms with Gasteiger partial charge in [-0.05, 0) is 24.3 Å². The first-order valence-electron chi connectivity index (χ1n) is 6.45. The van der Waals surface area contributed by atoms with Gasteiger partial charge in [-0.25, -0.2) is 4.98 Å². The number of aromatic nitrogens is 1. The molecule has 1 fully saturated rings. The van der Waals surface area contributed by atoms with Crippen molar-refractivity contribution in [2.75, 3.05) is 13.1 Å². The zero-order valence-electron chi connectivity index (χ0n) is 11.0. The van der Waals surface area contributed by atoms with Crippen molar-refractivity contribution < 1.29 is 9.53 Å². The lowest BCUT2D eigenvalue weighted by Gasteiger charge is -2.38. The lowest BCUT2D eigenvalue weighted by atomic mass is 10.1. The number of ether oxygens (including phenoxy) is 1. The van der Waals surface area contributed by atoms with Crippen LogP contribution < -0.4 is 4.74 Å². The van der Waals surface area contributed by atoms with E-state index >= 15 is 0 Å². The van der Waals surface area contributed by atoms with Gasteiger partial charge >= 0.3 is 0 Å². The predicted molar refractivity (Wildman–Crippen MR) is 81.0 cm³/mol. The lowest BCUT2D eigenvalue weighted by Crippen LogP contribution is -2.56. The summed E-state index contributed by atoms with van der Waals surface area (Å²) in [6.07, 6.45) is 1.64. The van der Waals surface area contributed by atoms with E-state index < -0.39 is 0 Å². The van der Waals surface area contributed by atoms with Gasteiger partial charge in [0.25, 0.3) is 5.91 Å². The summed E-state index contributed by atoms with van der Waals surface area (Å²) < 4.78 is 5.66. The van der Waals surface area contributed by atoms with Gasteiger partial charge in [0.15, 0.2) is 0 Å². The van der Waals surface area contributed by atoms with Crippen molar-refractivity contribution in [2.24, 2.45) is 0 Å². The monoisotopic (exact) mass is 322 g/mol. The van der Waals surface area contributed by atoms with Crippen LogP contribution in [0.1, 0.15) is 10.4 Å². The number of likely N-dealkylation sites (tertiary alicyclic amines) is 1. The molecule has 1 aliphatic heterocycles. The van der Waals surface area contributed by atoms with Gasteiger partial charge in [-0.15, -0.1) is 0 Å². The summed E-state index contributed by atoms with van der Waals surface area (Å²) in [7, 11) is 0. The van der Waals surface area contributed by atoms with Gasteiger partial charge in [-0.1, -0.05) is 29.3 Å². The molecule has 2 heterocycles. The third-order valence-corrected chi connectivity index (χ3v) is 3.77. The highest BCUT2D eigenvalue weighted by molar-refractivity contribution is 6.36. The molecule has 2 aromatic rings. The van der Waals surface area contributed by atoms with Crippen molar-refractivity contribution in [3.63, 3.8) is 0 Å². The summed E-state index contributed by atoms with van der Waals surface area (Å²) in [5, 5.41) is 0.873. The Hall–Kier alpha value is -1.78. The molecule has 0 radical (unpaired) electrons. The number of pyridine rings is 1. The number of carbonyl (C=O) groups is 1. The Morgan fingerprint density at radius 3 is 2.71 bits per heavy atom. The van der Waals surface area contributed by atoms with Crippen LogP contribution in [0.2, 0.25) is 10.0 Å². The van der Waals surface area contributed by atoms with E-state index in [1.807, 2.05) is 12.1 Å². The highest BCUT2D eigenvalue weighted by atomic mass is 35.5. The molecule has 0 spiro atoms. The number of hydrogen-bond donors (Lipinski definition) is 0. The van der Waals surface area contributed by atoms with Crippen molar-refractivity contribution in [3.05, 3.63) is 58.2 Å². The minimum Gasteiger partial charge on any atom is -0.471 e. The number of nitrogens with zero attached hydrogens (tertiary/aromatic N) is 2. The van der Waals surface area contributed by atoms with Gasteiger partial charge in [-0.3, -0.25) is 4.79 Å². The lowest BCUT2D eigenvalue weighted by molar-refractivity contribution is 0.0160. The molecule has 0 aliphatic carbocycles. The topological polar surface area (TPSA) is 42.4 Å². The average molecular weight is 323 g/mol. The largest absolute Gasteiger partial charge is 0.471 e. The van der Waals surface area contributed by atoms with Crippen LogP contribution in [0.4, 0.5) is 0 Å². The summed E-state index contributed by atoms with van der Waals surface area (Å²) in [5.41, 5.74) is 0.456. The molecule has 21 heavy (non-hydrogen) atoms. The fourth-order valence-electron chi connectivity index (χ4n) is 2.10. The van der Waals surface area contributed by atoms with E-state index in [0.717, 1.165) is 0 Å². The fourth-order valence-corrected chi connectivity index (χ4v) is 2.59. The number of halogens is 2. The quantitative estimate of drug-likeness (QED) is 0.870. The average Bonchev–Trinajstić information content (AvgIpc) is 2.43. The molecule has 0 N–H and O–H groups in total. The van der Waals surface area contributed by atoms with Gasteiger partial charge in [0.2, 0.25) is 5.88 Å². The molecule has 0 unspecified atom stereocenters. The Labute approximate surface area is 132 Å². The molecule has 1 aromatic carbocycles. The first kappa shape index (κ1) is 14.2. The Morgan fingerprint density at radius 2 is 2.05 bits per heavy atom. The number of carbonyl (C=O) groups excluding carboxylic acids is 1. The molecular formula is C15H12Cl2N2O2. The smallest absolute Gasteiger partial charge is 0.255 e. The maximum atomic E-state index is 12.3. The molecule has 0 bridgehead atoms. The zero-order valence-corrected chi connectivity index (χ0v) is 12.5. The van der Waals surface area contributed by atoms with Gasteiger partial charge in [0.1, 0.15) is 6.10 Å². The van der Waals surface area contributed by atoms with Crippen molar-refractivity contribution in [3.8, 4) is 5.88 Å². The maximum absolute atomic E-state index is 12.3. The first-order valence-corrected chi connectivity index (χ1v) is 7.21. The Balaban J connectivity index is 1.59. The predicted octanol–water partition coefficient (Wildman–Crippen LogP) is 3.29. The molecule has 1 saturated heterocycles. The third kappa shape index (κ3) is 3.12. The van der Waals surface area contributed by atoms with Crippen LogP contribution in [-0.2, 0) is 0 Å². The Kier molecular flexibility index (Phi) is 3.99. The molecular weight excluding hydrogens is 311 g/mol. The summed E-state index contributed by atoms with van der Waals surface area (Å²) >= 11 is 11.9. The van der Waals surface area contributed by atoms with Gasteiger partial charge in [0, 0.05) is 17.3 Å². The third-order valence-electron chi connectivity index (χ3n) is 3.22. The van der Waals surface area contributed by atoms with E-state index in [2.05, 4.69) is 4.98 Å². The molecule has 4 nitrogen and oxygen atoms in total. The summed E-state index contributed by atoms with van der Waals surface area (Å²) in [6.45, 7) is 1.04. The molecule has 0 atom stereocenters. The number of benzene rings is 1. The number of amides is 1. The van der Waals surface area contributed by atoms with Crippen molar-refractivity contribution in [2.45, 2.75) is 6.10 Å². The maximum Gasteiger partial charge on any atom is 0.255 e. The van der Waals surface area contributed by atoms with Crippen LogP contribution >= 0.6 is 23.2 Å². The van der Waals surface area contributed by atoms with Gasteiger partial charge in [-0.2, -0.15) is 0 Å². The van der Waals surface area contributed by atoms with E-state index in [1.165, 1.54) is 0 Å². The van der Waals surface area contributed by atoms with Crippen LogP contribution in [0.15, 0.2) is 42.6 Å². The second-order valence-electron chi connectivity index (χ2n) is 4.74. The van der Waals surface area contributed by atoms with Crippen LogP contribution in [0.5, 0.6) is 5.88 Å². The summed E-state index contributed by atoms with van der Waals surface area (Å²) in [4.78, 5) is 18.1.